The molecule has 0 aromatic carbocycles. The van der Waals surface area contributed by atoms with Gasteiger partial charge in [0, 0.05) is 4.88 Å². The van der Waals surface area contributed by atoms with Crippen molar-refractivity contribution in [2.24, 2.45) is 0 Å². The van der Waals surface area contributed by atoms with E-state index in [9.17, 15) is 9.59 Å². The van der Waals surface area contributed by atoms with E-state index in [1.807, 2.05) is 6.07 Å². The molecule has 0 saturated heterocycles. The predicted molar refractivity (Wildman–Crippen MR) is 104 cm³/mol. The first kappa shape index (κ1) is 19.3. The minimum atomic E-state index is -0.290. The Hall–Kier alpha value is -0.980. The summed E-state index contributed by atoms with van der Waals surface area (Å²) in [5.74, 6) is -0.290. The number of rotatable bonds is 10. The quantitative estimate of drug-likeness (QED) is 0.244. The third-order valence-electron chi connectivity index (χ3n) is 3.62. The van der Waals surface area contributed by atoms with Crippen molar-refractivity contribution in [3.05, 3.63) is 32.4 Å². The maximum atomic E-state index is 12.4. The summed E-state index contributed by atoms with van der Waals surface area (Å²) in [5.41, 5.74) is 0.567. The van der Waals surface area contributed by atoms with E-state index in [2.05, 4.69) is 22.9 Å². The highest BCUT2D eigenvalue weighted by Gasteiger charge is 2.19. The molecular weight excluding hydrogens is 408 g/mol. The average molecular weight is 429 g/mol. The molecule has 2 heterocycles. The highest BCUT2D eigenvalue weighted by molar-refractivity contribution is 9.11. The summed E-state index contributed by atoms with van der Waals surface area (Å²) in [4.78, 5) is 25.6. The van der Waals surface area contributed by atoms with E-state index >= 15 is 0 Å². The number of ether oxygens (including phenoxy) is 1. The van der Waals surface area contributed by atoms with E-state index in [4.69, 9.17) is 4.74 Å². The molecule has 3 nitrogen and oxygen atoms in total. The summed E-state index contributed by atoms with van der Waals surface area (Å²) in [7, 11) is 0. The summed E-state index contributed by atoms with van der Waals surface area (Å²) >= 11 is 6.30. The summed E-state index contributed by atoms with van der Waals surface area (Å²) in [6, 6.07) is 5.44. The molecule has 0 atom stereocenters. The minimum absolute atomic E-state index is 0.290. The molecule has 24 heavy (non-hydrogen) atoms. The molecule has 0 saturated carbocycles. The fourth-order valence-electron chi connectivity index (χ4n) is 2.36. The molecule has 0 spiro atoms. The van der Waals surface area contributed by atoms with Crippen LogP contribution in [0.2, 0.25) is 0 Å². The number of thiophene rings is 2. The molecule has 0 amide bonds. The highest BCUT2D eigenvalue weighted by Crippen LogP contribution is 2.39. The van der Waals surface area contributed by atoms with Crippen LogP contribution in [0.3, 0.4) is 0 Å². The van der Waals surface area contributed by atoms with Crippen molar-refractivity contribution < 1.29 is 14.3 Å². The van der Waals surface area contributed by atoms with Crippen molar-refractivity contribution in [3.63, 3.8) is 0 Å². The van der Waals surface area contributed by atoms with Crippen molar-refractivity contribution in [3.8, 4) is 9.75 Å². The minimum Gasteiger partial charge on any atom is -0.462 e. The van der Waals surface area contributed by atoms with E-state index in [1.54, 1.807) is 12.1 Å². The largest absolute Gasteiger partial charge is 0.462 e. The number of halogens is 1. The van der Waals surface area contributed by atoms with Crippen molar-refractivity contribution >= 4 is 50.9 Å². The molecule has 0 fully saturated rings. The predicted octanol–water partition coefficient (Wildman–Crippen LogP) is 6.57. The van der Waals surface area contributed by atoms with Crippen LogP contribution in [0.1, 0.15) is 65.5 Å². The number of unbranched alkanes of at least 4 members (excludes halogenated alkanes) is 5. The Balaban J connectivity index is 1.91. The molecule has 0 bridgehead atoms. The summed E-state index contributed by atoms with van der Waals surface area (Å²) < 4.78 is 6.30. The van der Waals surface area contributed by atoms with Crippen molar-refractivity contribution in [2.45, 2.75) is 45.4 Å². The van der Waals surface area contributed by atoms with Crippen LogP contribution >= 0.6 is 38.6 Å². The molecule has 0 unspecified atom stereocenters. The summed E-state index contributed by atoms with van der Waals surface area (Å²) in [6.07, 6.45) is 7.79. The molecule has 0 radical (unpaired) electrons. The van der Waals surface area contributed by atoms with E-state index in [-0.39, 0.29) is 5.97 Å². The molecule has 0 aliphatic heterocycles. The van der Waals surface area contributed by atoms with Crippen LogP contribution in [0.15, 0.2) is 22.0 Å². The normalized spacial score (nSPS) is 10.8. The number of carbonyl (C=O) groups excluding carboxylic acids is 2. The Morgan fingerprint density at radius 1 is 1.17 bits per heavy atom. The third kappa shape index (κ3) is 5.53. The third-order valence-corrected chi connectivity index (χ3v) is 6.45. The van der Waals surface area contributed by atoms with Gasteiger partial charge in [-0.15, -0.1) is 22.7 Å². The fourth-order valence-corrected chi connectivity index (χ4v) is 4.89. The first-order valence-electron chi connectivity index (χ1n) is 8.17. The molecule has 2 rings (SSSR count). The van der Waals surface area contributed by atoms with Gasteiger partial charge < -0.3 is 4.74 Å². The van der Waals surface area contributed by atoms with Gasteiger partial charge in [-0.2, -0.15) is 0 Å². The van der Waals surface area contributed by atoms with Gasteiger partial charge in [0.2, 0.25) is 0 Å². The SMILES string of the molecule is CCCCCCCCOC(=O)c1cc(Br)sc1-c1ccc(C=O)s1. The Labute approximate surface area is 159 Å². The topological polar surface area (TPSA) is 43.4 Å². The first-order valence-corrected chi connectivity index (χ1v) is 10.6. The zero-order valence-electron chi connectivity index (χ0n) is 13.7. The lowest BCUT2D eigenvalue weighted by atomic mass is 10.1. The van der Waals surface area contributed by atoms with Crippen LogP contribution in [-0.2, 0) is 4.74 Å². The lowest BCUT2D eigenvalue weighted by Crippen LogP contribution is -2.06. The molecule has 0 aliphatic carbocycles. The Bertz CT molecular complexity index is 676. The second-order valence-electron chi connectivity index (χ2n) is 5.52. The number of aldehydes is 1. The molecule has 2 aromatic heterocycles. The zero-order chi connectivity index (χ0) is 17.4. The lowest BCUT2D eigenvalue weighted by Gasteiger charge is -2.05. The van der Waals surface area contributed by atoms with Crippen LogP contribution in [0.4, 0.5) is 0 Å². The maximum absolute atomic E-state index is 12.4. The molecular formula is C18H21BrO3S2. The van der Waals surface area contributed by atoms with Gasteiger partial charge in [0.05, 0.1) is 25.7 Å². The second-order valence-corrected chi connectivity index (χ2v) is 9.06. The fraction of sp³-hybridized carbons (Fsp3) is 0.444. The van der Waals surface area contributed by atoms with Gasteiger partial charge in [-0.05, 0) is 40.5 Å². The van der Waals surface area contributed by atoms with E-state index < -0.39 is 0 Å². The summed E-state index contributed by atoms with van der Waals surface area (Å²) in [6.45, 7) is 2.66. The Morgan fingerprint density at radius 3 is 2.62 bits per heavy atom. The molecule has 130 valence electrons. The number of esters is 1. The number of carbonyl (C=O) groups is 2. The Morgan fingerprint density at radius 2 is 1.92 bits per heavy atom. The van der Waals surface area contributed by atoms with Crippen molar-refractivity contribution in [1.29, 1.82) is 0 Å². The smallest absolute Gasteiger partial charge is 0.339 e. The molecule has 6 heteroatoms. The zero-order valence-corrected chi connectivity index (χ0v) is 16.9. The van der Waals surface area contributed by atoms with E-state index in [0.29, 0.717) is 17.0 Å². The molecule has 0 N–H and O–H groups in total. The first-order chi connectivity index (χ1) is 11.7. The van der Waals surface area contributed by atoms with Gasteiger partial charge in [-0.3, -0.25) is 4.79 Å². The monoisotopic (exact) mass is 428 g/mol. The van der Waals surface area contributed by atoms with Crippen LogP contribution in [-0.4, -0.2) is 18.9 Å². The van der Waals surface area contributed by atoms with Crippen LogP contribution in [0.5, 0.6) is 0 Å². The number of hydrogen-bond donors (Lipinski definition) is 0. The Kier molecular flexibility index (Phi) is 8.15. The molecule has 2 aromatic rings. The maximum Gasteiger partial charge on any atom is 0.339 e. The van der Waals surface area contributed by atoms with Gasteiger partial charge in [-0.1, -0.05) is 39.0 Å². The van der Waals surface area contributed by atoms with Gasteiger partial charge in [0.1, 0.15) is 0 Å². The lowest BCUT2D eigenvalue weighted by molar-refractivity contribution is 0.0499. The van der Waals surface area contributed by atoms with Gasteiger partial charge in [0.25, 0.3) is 0 Å². The standard InChI is InChI=1S/C18H21BrO3S2/c1-2-3-4-5-6-7-10-22-18(21)14-11-16(19)24-17(14)15-9-8-13(12-20)23-15/h8-9,11-12H,2-7,10H2,1H3. The van der Waals surface area contributed by atoms with Crippen molar-refractivity contribution in [2.75, 3.05) is 6.61 Å². The second kappa shape index (κ2) is 10.1. The molecule has 0 aliphatic rings. The summed E-state index contributed by atoms with van der Waals surface area (Å²) in [5, 5.41) is 0. The van der Waals surface area contributed by atoms with Gasteiger partial charge in [0.15, 0.2) is 6.29 Å². The van der Waals surface area contributed by atoms with Crippen molar-refractivity contribution in [1.82, 2.24) is 0 Å². The van der Waals surface area contributed by atoms with Gasteiger partial charge >= 0.3 is 5.97 Å². The van der Waals surface area contributed by atoms with Crippen LogP contribution < -0.4 is 0 Å². The number of hydrogen-bond acceptors (Lipinski definition) is 5. The van der Waals surface area contributed by atoms with E-state index in [1.165, 1.54) is 48.4 Å². The van der Waals surface area contributed by atoms with Crippen LogP contribution in [0.25, 0.3) is 9.75 Å². The van der Waals surface area contributed by atoms with E-state index in [0.717, 1.165) is 32.7 Å². The average Bonchev–Trinajstić information content (AvgIpc) is 3.20. The van der Waals surface area contributed by atoms with Crippen LogP contribution in [0, 0.1) is 0 Å². The highest BCUT2D eigenvalue weighted by atomic mass is 79.9. The van der Waals surface area contributed by atoms with Gasteiger partial charge in [-0.25, -0.2) is 4.79 Å².